The SMILES string of the molecule is CCCCCCCCCC/C=C/CCOC(=O)c1ccc(S(=O)(=O)O)cc1C(=O)OCC/C=C/CCCCCCCCCC. The van der Waals surface area contributed by atoms with Gasteiger partial charge in [0.15, 0.2) is 0 Å². The molecule has 0 saturated heterocycles. The molecule has 0 fully saturated rings. The highest BCUT2D eigenvalue weighted by atomic mass is 32.2. The average Bonchev–Trinajstić information content (AvgIpc) is 3.00. The van der Waals surface area contributed by atoms with Gasteiger partial charge >= 0.3 is 11.9 Å². The fraction of sp³-hybridized carbons (Fsp3) is 0.667. The maximum atomic E-state index is 12.8. The smallest absolute Gasteiger partial charge is 0.339 e. The molecule has 0 amide bonds. The van der Waals surface area contributed by atoms with Crippen molar-refractivity contribution >= 4 is 22.1 Å². The number of carbonyl (C=O) groups is 2. The number of allylic oxidation sites excluding steroid dienone is 2. The zero-order valence-electron chi connectivity index (χ0n) is 27.4. The third-order valence-electron chi connectivity index (χ3n) is 7.55. The molecule has 1 N–H and O–H groups in total. The highest BCUT2D eigenvalue weighted by molar-refractivity contribution is 7.85. The van der Waals surface area contributed by atoms with E-state index in [4.69, 9.17) is 9.47 Å². The monoisotopic (exact) mass is 634 g/mol. The van der Waals surface area contributed by atoms with Gasteiger partial charge in [0.1, 0.15) is 0 Å². The van der Waals surface area contributed by atoms with Crippen LogP contribution in [0.1, 0.15) is 163 Å². The Balaban J connectivity index is 2.44. The van der Waals surface area contributed by atoms with Crippen molar-refractivity contribution in [3.8, 4) is 0 Å². The van der Waals surface area contributed by atoms with E-state index in [9.17, 15) is 22.6 Å². The van der Waals surface area contributed by atoms with Crippen LogP contribution in [0, 0.1) is 0 Å². The second kappa shape index (κ2) is 25.8. The van der Waals surface area contributed by atoms with Gasteiger partial charge in [-0.2, -0.15) is 8.42 Å². The van der Waals surface area contributed by atoms with Crippen LogP contribution >= 0.6 is 0 Å². The van der Waals surface area contributed by atoms with Gasteiger partial charge in [-0.05, 0) is 56.7 Å². The molecule has 8 heteroatoms. The molecule has 0 aliphatic carbocycles. The number of benzene rings is 1. The Morgan fingerprint density at radius 1 is 0.591 bits per heavy atom. The third-order valence-corrected chi connectivity index (χ3v) is 8.40. The van der Waals surface area contributed by atoms with Gasteiger partial charge in [-0.25, -0.2) is 9.59 Å². The summed E-state index contributed by atoms with van der Waals surface area (Å²) in [4.78, 5) is 25.1. The topological polar surface area (TPSA) is 107 Å². The third kappa shape index (κ3) is 19.8. The number of unbranched alkanes of at least 4 members (excludes halogenated alkanes) is 16. The molecule has 0 unspecified atom stereocenters. The largest absolute Gasteiger partial charge is 0.462 e. The molecule has 0 aliphatic heterocycles. The second-order valence-electron chi connectivity index (χ2n) is 11.5. The summed E-state index contributed by atoms with van der Waals surface area (Å²) in [6.07, 6.45) is 31.5. The van der Waals surface area contributed by atoms with Crippen molar-refractivity contribution in [3.05, 3.63) is 53.6 Å². The van der Waals surface area contributed by atoms with E-state index >= 15 is 0 Å². The first-order valence-corrected chi connectivity index (χ1v) is 18.5. The molecular weight excluding hydrogens is 576 g/mol. The molecule has 0 aliphatic rings. The first-order valence-electron chi connectivity index (χ1n) is 17.1. The van der Waals surface area contributed by atoms with E-state index in [1.165, 1.54) is 96.0 Å². The summed E-state index contributed by atoms with van der Waals surface area (Å²) in [5, 5.41) is 0. The van der Waals surface area contributed by atoms with Gasteiger partial charge in [0, 0.05) is 0 Å². The Morgan fingerprint density at radius 3 is 1.41 bits per heavy atom. The van der Waals surface area contributed by atoms with E-state index < -0.39 is 27.0 Å². The summed E-state index contributed by atoms with van der Waals surface area (Å²) < 4.78 is 43.4. The van der Waals surface area contributed by atoms with Crippen LogP contribution in [0.15, 0.2) is 47.4 Å². The standard InChI is InChI=1S/C36H58O7S/c1-3-5-7-9-11-13-15-17-19-21-23-25-29-42-35(37)33-28-27-32(44(39,40)41)31-34(33)36(38)43-30-26-24-22-20-18-16-14-12-10-8-6-4-2/h21-24,27-28,31H,3-20,25-26,29-30H2,1-2H3,(H,39,40,41)/b23-21+,24-22+. The van der Waals surface area contributed by atoms with Gasteiger partial charge in [0.25, 0.3) is 10.1 Å². The van der Waals surface area contributed by atoms with Crippen LogP contribution in [0.25, 0.3) is 0 Å². The molecule has 1 aromatic carbocycles. The van der Waals surface area contributed by atoms with Gasteiger partial charge < -0.3 is 9.47 Å². The molecule has 0 spiro atoms. The molecule has 0 saturated carbocycles. The lowest BCUT2D eigenvalue weighted by atomic mass is 10.1. The van der Waals surface area contributed by atoms with E-state index in [0.29, 0.717) is 12.8 Å². The van der Waals surface area contributed by atoms with Gasteiger partial charge in [-0.3, -0.25) is 4.55 Å². The van der Waals surface area contributed by atoms with Gasteiger partial charge in [-0.1, -0.05) is 128 Å². The van der Waals surface area contributed by atoms with Crippen LogP contribution in [0.4, 0.5) is 0 Å². The molecule has 7 nitrogen and oxygen atoms in total. The number of esters is 2. The molecule has 250 valence electrons. The summed E-state index contributed by atoms with van der Waals surface area (Å²) in [5.41, 5.74) is -0.353. The summed E-state index contributed by atoms with van der Waals surface area (Å²) in [7, 11) is -4.57. The summed E-state index contributed by atoms with van der Waals surface area (Å²) >= 11 is 0. The summed E-state index contributed by atoms with van der Waals surface area (Å²) in [5.74, 6) is -1.59. The molecule has 0 bridgehead atoms. The average molecular weight is 635 g/mol. The number of hydrogen-bond acceptors (Lipinski definition) is 6. The Bertz CT molecular complexity index is 1080. The second-order valence-corrected chi connectivity index (χ2v) is 12.9. The van der Waals surface area contributed by atoms with E-state index in [-0.39, 0.29) is 24.3 Å². The van der Waals surface area contributed by atoms with Crippen LogP contribution < -0.4 is 0 Å². The van der Waals surface area contributed by atoms with Gasteiger partial charge in [0.05, 0.1) is 29.2 Å². The van der Waals surface area contributed by atoms with Crippen molar-refractivity contribution in [1.82, 2.24) is 0 Å². The van der Waals surface area contributed by atoms with Crippen LogP contribution in [0.5, 0.6) is 0 Å². The number of rotatable bonds is 27. The fourth-order valence-corrected chi connectivity index (χ4v) is 5.40. The predicted molar refractivity (Wildman–Crippen MR) is 179 cm³/mol. The van der Waals surface area contributed by atoms with Crippen LogP contribution in [-0.2, 0) is 19.6 Å². The Labute approximate surface area is 267 Å². The molecule has 0 radical (unpaired) electrons. The zero-order valence-corrected chi connectivity index (χ0v) is 28.2. The van der Waals surface area contributed by atoms with Gasteiger partial charge in [-0.15, -0.1) is 0 Å². The summed E-state index contributed by atoms with van der Waals surface area (Å²) in [6.45, 7) is 4.66. The molecular formula is C36H58O7S. The van der Waals surface area contributed by atoms with Crippen molar-refractivity contribution in [1.29, 1.82) is 0 Å². The van der Waals surface area contributed by atoms with Crippen LogP contribution in [-0.4, -0.2) is 38.1 Å². The minimum Gasteiger partial charge on any atom is -0.462 e. The molecule has 44 heavy (non-hydrogen) atoms. The van der Waals surface area contributed by atoms with Crippen molar-refractivity contribution in [2.24, 2.45) is 0 Å². The molecule has 0 heterocycles. The van der Waals surface area contributed by atoms with Crippen molar-refractivity contribution in [2.75, 3.05) is 13.2 Å². The van der Waals surface area contributed by atoms with E-state index in [2.05, 4.69) is 26.0 Å². The van der Waals surface area contributed by atoms with Crippen molar-refractivity contribution < 1.29 is 32.0 Å². The Kier molecular flexibility index (Phi) is 23.2. The predicted octanol–water partition coefficient (Wildman–Crippen LogP) is 10.2. The number of hydrogen-bond donors (Lipinski definition) is 1. The number of carbonyl (C=O) groups excluding carboxylic acids is 2. The summed E-state index contributed by atoms with van der Waals surface area (Å²) in [6, 6.07) is 3.19. The van der Waals surface area contributed by atoms with Crippen molar-refractivity contribution in [2.45, 2.75) is 147 Å². The molecule has 1 aromatic rings. The fourth-order valence-electron chi connectivity index (χ4n) is 4.89. The van der Waals surface area contributed by atoms with Gasteiger partial charge in [0.2, 0.25) is 0 Å². The maximum Gasteiger partial charge on any atom is 0.339 e. The highest BCUT2D eigenvalue weighted by Crippen LogP contribution is 2.19. The number of ether oxygens (including phenoxy) is 2. The minimum atomic E-state index is -4.57. The highest BCUT2D eigenvalue weighted by Gasteiger charge is 2.23. The zero-order chi connectivity index (χ0) is 32.3. The maximum absolute atomic E-state index is 12.8. The Morgan fingerprint density at radius 2 is 0.977 bits per heavy atom. The first kappa shape index (κ1) is 39.6. The van der Waals surface area contributed by atoms with E-state index in [0.717, 1.165) is 37.8 Å². The molecule has 0 aromatic heterocycles. The van der Waals surface area contributed by atoms with Crippen LogP contribution in [0.2, 0.25) is 0 Å². The van der Waals surface area contributed by atoms with E-state index in [1.54, 1.807) is 0 Å². The molecule has 1 rings (SSSR count). The minimum absolute atomic E-state index is 0.0843. The molecule has 0 atom stereocenters. The van der Waals surface area contributed by atoms with E-state index in [1.807, 2.05) is 12.2 Å². The van der Waals surface area contributed by atoms with Crippen LogP contribution in [0.3, 0.4) is 0 Å². The first-order chi connectivity index (χ1) is 21.3. The quantitative estimate of drug-likeness (QED) is 0.0444. The Hall–Kier alpha value is -2.45. The normalized spacial score (nSPS) is 11.9. The van der Waals surface area contributed by atoms with Crippen molar-refractivity contribution in [3.63, 3.8) is 0 Å². The lowest BCUT2D eigenvalue weighted by Crippen LogP contribution is -2.16. The lowest BCUT2D eigenvalue weighted by molar-refractivity contribution is 0.0464. The lowest BCUT2D eigenvalue weighted by Gasteiger charge is -2.10.